The number of allylic oxidation sites excluding steroid dienone is 3. The van der Waals surface area contributed by atoms with Gasteiger partial charge in [-0.3, -0.25) is 4.99 Å². The maximum Gasteiger partial charge on any atom is 0.301 e. The normalized spacial score (nSPS) is 21.1. The third kappa shape index (κ3) is 3.39. The molecule has 1 aliphatic rings. The summed E-state index contributed by atoms with van der Waals surface area (Å²) in [6.07, 6.45) is -2.62. The maximum absolute atomic E-state index is 12.7. The molecule has 1 rings (SSSR count). The number of halogens is 3. The summed E-state index contributed by atoms with van der Waals surface area (Å²) < 4.78 is 36.6. The largest absolute Gasteiger partial charge is 0.301 e. The highest BCUT2D eigenvalue weighted by atomic mass is 32.2. The van der Waals surface area contributed by atoms with E-state index in [1.165, 1.54) is 0 Å². The zero-order chi connectivity index (χ0) is 13.9. The highest BCUT2D eigenvalue weighted by Crippen LogP contribution is 2.46. The fourth-order valence-corrected chi connectivity index (χ4v) is 3.47. The van der Waals surface area contributed by atoms with Crippen molar-refractivity contribution < 1.29 is 13.2 Å². The number of nitrogens with zero attached hydrogens (tertiary/aromatic N) is 2. The number of hydrogen-bond donors (Lipinski definition) is 1. The molecule has 6 heteroatoms. The van der Waals surface area contributed by atoms with Crippen LogP contribution in [0.15, 0.2) is 27.5 Å². The second-order valence-electron chi connectivity index (χ2n) is 4.91. The summed E-state index contributed by atoms with van der Waals surface area (Å²) in [5.41, 5.74) is 2.03. The van der Waals surface area contributed by atoms with Crippen LogP contribution in [-0.4, -0.2) is 11.3 Å². The van der Waals surface area contributed by atoms with E-state index in [4.69, 9.17) is 5.26 Å². The number of nitriles is 1. The lowest BCUT2D eigenvalue weighted by Crippen LogP contribution is -2.08. The van der Waals surface area contributed by atoms with Gasteiger partial charge in [-0.2, -0.15) is 24.9 Å². The highest BCUT2D eigenvalue weighted by molar-refractivity contribution is 8.32. The summed E-state index contributed by atoms with van der Waals surface area (Å²) in [5.74, 6) is -1.20. The van der Waals surface area contributed by atoms with E-state index in [1.807, 2.05) is 20.8 Å². The average Bonchev–Trinajstić information content (AvgIpc) is 2.67. The van der Waals surface area contributed by atoms with Crippen molar-refractivity contribution in [2.45, 2.75) is 27.2 Å². The van der Waals surface area contributed by atoms with Crippen molar-refractivity contribution in [2.75, 3.05) is 5.75 Å². The monoisotopic (exact) mass is 276 g/mol. The first-order valence-corrected chi connectivity index (χ1v) is 7.02. The van der Waals surface area contributed by atoms with Crippen LogP contribution in [0.3, 0.4) is 0 Å². The van der Waals surface area contributed by atoms with Crippen molar-refractivity contribution in [2.24, 2.45) is 10.4 Å². The molecule has 0 aromatic heterocycles. The van der Waals surface area contributed by atoms with Crippen molar-refractivity contribution in [3.05, 3.63) is 22.5 Å². The third-order valence-electron chi connectivity index (χ3n) is 2.43. The van der Waals surface area contributed by atoms with E-state index < -0.39 is 22.8 Å². The van der Waals surface area contributed by atoms with E-state index in [9.17, 15) is 13.2 Å². The molecule has 18 heavy (non-hydrogen) atoms. The van der Waals surface area contributed by atoms with Crippen molar-refractivity contribution in [1.29, 1.82) is 5.26 Å². The van der Waals surface area contributed by atoms with Crippen LogP contribution >= 0.6 is 10.9 Å². The molecule has 100 valence electrons. The minimum Gasteiger partial charge on any atom is -0.253 e. The fourth-order valence-electron chi connectivity index (χ4n) is 1.53. The minimum atomic E-state index is -2.28. The zero-order valence-electron chi connectivity index (χ0n) is 10.5. The van der Waals surface area contributed by atoms with Gasteiger partial charge in [0.15, 0.2) is 5.83 Å². The van der Waals surface area contributed by atoms with Crippen LogP contribution in [0.5, 0.6) is 0 Å². The van der Waals surface area contributed by atoms with E-state index in [1.54, 1.807) is 5.55 Å². The van der Waals surface area contributed by atoms with Crippen LogP contribution in [0, 0.1) is 16.7 Å². The van der Waals surface area contributed by atoms with Crippen molar-refractivity contribution >= 4 is 16.4 Å². The maximum atomic E-state index is 12.7. The van der Waals surface area contributed by atoms with Gasteiger partial charge in [-0.15, -0.1) is 0 Å². The fraction of sp³-hybridized carbons (Fsp3) is 0.500. The Hall–Kier alpha value is -1.22. The van der Waals surface area contributed by atoms with E-state index in [0.29, 0.717) is 10.6 Å². The van der Waals surface area contributed by atoms with Crippen LogP contribution < -0.4 is 0 Å². The van der Waals surface area contributed by atoms with Crippen LogP contribution in [0.2, 0.25) is 0 Å². The molecule has 1 aliphatic heterocycles. The molecule has 0 radical (unpaired) electrons. The van der Waals surface area contributed by atoms with Gasteiger partial charge < -0.3 is 0 Å². The topological polar surface area (TPSA) is 36.1 Å². The smallest absolute Gasteiger partial charge is 0.253 e. The van der Waals surface area contributed by atoms with E-state index in [2.05, 4.69) is 11.1 Å². The molecule has 0 aliphatic carbocycles. The van der Waals surface area contributed by atoms with Crippen LogP contribution in [0.25, 0.3) is 0 Å². The first kappa shape index (κ1) is 14.8. The molecule has 0 saturated carbocycles. The molecule has 0 N–H and O–H groups in total. The molecule has 0 fully saturated rings. The van der Waals surface area contributed by atoms with Crippen molar-refractivity contribution in [1.82, 2.24) is 0 Å². The predicted octanol–water partition coefficient (Wildman–Crippen LogP) is 4.28. The Bertz CT molecular complexity index is 463. The van der Waals surface area contributed by atoms with Crippen molar-refractivity contribution in [3.8, 4) is 6.07 Å². The lowest BCUT2D eigenvalue weighted by molar-refractivity contribution is 0.373. The summed E-state index contributed by atoms with van der Waals surface area (Å²) in [4.78, 5) is 4.72. The van der Waals surface area contributed by atoms with Gasteiger partial charge in [0, 0.05) is 17.4 Å². The summed E-state index contributed by atoms with van der Waals surface area (Å²) >= 11 is 0. The predicted molar refractivity (Wildman–Crippen MR) is 69.4 cm³/mol. The third-order valence-corrected chi connectivity index (χ3v) is 4.42. The van der Waals surface area contributed by atoms with Crippen LogP contribution in [-0.2, 0) is 0 Å². The molecule has 1 atom stereocenters. The number of rotatable bonds is 3. The van der Waals surface area contributed by atoms with E-state index in [-0.39, 0.29) is 17.6 Å². The Kier molecular flexibility index (Phi) is 4.63. The number of thiol groups is 1. The van der Waals surface area contributed by atoms with Gasteiger partial charge in [-0.1, -0.05) is 20.8 Å². The number of hydrogen-bond acceptors (Lipinski definition) is 2. The molecule has 1 unspecified atom stereocenters. The Labute approximate surface area is 107 Å². The van der Waals surface area contributed by atoms with Gasteiger partial charge >= 0.3 is 6.08 Å². The van der Waals surface area contributed by atoms with Gasteiger partial charge in [0.1, 0.15) is 6.07 Å². The Balaban J connectivity index is 2.84. The van der Waals surface area contributed by atoms with Crippen LogP contribution in [0.4, 0.5) is 13.2 Å². The SMILES string of the molecule is CC(C)(C)C1=C(C#N)[SH](CCC(F)=C(F)F)C=N1. The summed E-state index contributed by atoms with van der Waals surface area (Å²) in [7, 11) is -1.05. The molecular weight excluding hydrogens is 261 g/mol. The molecule has 1 heterocycles. The molecular formula is C12H15F3N2S. The van der Waals surface area contributed by atoms with Gasteiger partial charge in [-0.25, -0.2) is 4.39 Å². The molecule has 0 saturated heterocycles. The molecule has 0 bridgehead atoms. The zero-order valence-corrected chi connectivity index (χ0v) is 11.4. The molecule has 0 aromatic carbocycles. The van der Waals surface area contributed by atoms with E-state index >= 15 is 0 Å². The van der Waals surface area contributed by atoms with Crippen molar-refractivity contribution in [3.63, 3.8) is 0 Å². The van der Waals surface area contributed by atoms with Gasteiger partial charge in [0.05, 0.1) is 10.6 Å². The lowest BCUT2D eigenvalue weighted by atomic mass is 9.92. The van der Waals surface area contributed by atoms with Gasteiger partial charge in [0.2, 0.25) is 0 Å². The quantitative estimate of drug-likeness (QED) is 0.767. The average molecular weight is 276 g/mol. The molecule has 0 amide bonds. The Morgan fingerprint density at radius 2 is 2.00 bits per heavy atom. The molecule has 0 aromatic rings. The van der Waals surface area contributed by atoms with Crippen LogP contribution in [0.1, 0.15) is 27.2 Å². The van der Waals surface area contributed by atoms with Gasteiger partial charge in [0.25, 0.3) is 0 Å². The Morgan fingerprint density at radius 3 is 2.44 bits per heavy atom. The highest BCUT2D eigenvalue weighted by Gasteiger charge is 2.28. The second-order valence-corrected chi connectivity index (χ2v) is 6.98. The van der Waals surface area contributed by atoms with E-state index in [0.717, 1.165) is 0 Å². The first-order valence-electron chi connectivity index (χ1n) is 5.42. The first-order chi connectivity index (χ1) is 8.27. The number of aliphatic imine (C=N–C) groups is 1. The minimum absolute atomic E-state index is 0.199. The summed E-state index contributed by atoms with van der Waals surface area (Å²) in [6.45, 7) is 5.78. The standard InChI is InChI=1S/C12H15F3N2S/c1-12(2,3)10-9(6-16)18(7-17-10)5-4-8(13)11(14)15/h7,18H,4-5H2,1-3H3. The summed E-state index contributed by atoms with van der Waals surface area (Å²) in [6, 6.07) is 2.08. The van der Waals surface area contributed by atoms with Gasteiger partial charge in [-0.05, 0) is 5.75 Å². The molecule has 2 nitrogen and oxygen atoms in total. The summed E-state index contributed by atoms with van der Waals surface area (Å²) in [5, 5.41) is 9.12. The lowest BCUT2D eigenvalue weighted by Gasteiger charge is -2.19. The second kappa shape index (κ2) is 5.61. The Morgan fingerprint density at radius 1 is 1.39 bits per heavy atom. The molecule has 0 spiro atoms.